The normalized spacial score (nSPS) is 18.7. The van der Waals surface area contributed by atoms with Crippen LogP contribution in [0.1, 0.15) is 12.2 Å². The molecule has 1 N–H and O–H groups in total. The molecule has 0 spiro atoms. The smallest absolute Gasteiger partial charge is 0.290 e. The molecule has 4 aromatic rings. The highest BCUT2D eigenvalue weighted by Gasteiger charge is 2.55. The summed E-state index contributed by atoms with van der Waals surface area (Å²) in [5.41, 5.74) is 3.23. The van der Waals surface area contributed by atoms with Crippen molar-refractivity contribution in [2.45, 2.75) is 18.8 Å². The lowest BCUT2D eigenvalue weighted by atomic mass is 10.1. The molecule has 0 radical (unpaired) electrons. The number of hydrogen-bond donors (Lipinski definition) is 1. The average molecular weight is 485 g/mol. The number of para-hydroxylation sites is 1. The van der Waals surface area contributed by atoms with E-state index in [0.29, 0.717) is 54.0 Å². The number of hydrogen-bond acceptors (Lipinski definition) is 7. The summed E-state index contributed by atoms with van der Waals surface area (Å²) in [7, 11) is 0. The zero-order valence-corrected chi connectivity index (χ0v) is 19.2. The van der Waals surface area contributed by atoms with Crippen LogP contribution < -0.4 is 0 Å². The van der Waals surface area contributed by atoms with Crippen molar-refractivity contribution in [3.05, 3.63) is 59.3 Å². The SMILES string of the molecule is [O-][S+]1CCN(C2(CCc3oc(-c4n[nH]c5ccccc45)nc3-c3ccc(Cl)cc3)OO2)CC1. The highest BCUT2D eigenvalue weighted by molar-refractivity contribution is 7.91. The molecule has 0 amide bonds. The molecule has 0 aliphatic carbocycles. The quantitative estimate of drug-likeness (QED) is 0.249. The third-order valence-electron chi connectivity index (χ3n) is 6.09. The number of halogens is 1. The van der Waals surface area contributed by atoms with Gasteiger partial charge in [-0.3, -0.25) is 5.10 Å². The van der Waals surface area contributed by atoms with Crippen molar-refractivity contribution >= 4 is 33.7 Å². The fourth-order valence-corrected chi connectivity index (χ4v) is 5.41. The van der Waals surface area contributed by atoms with E-state index in [9.17, 15) is 4.55 Å². The average Bonchev–Trinajstić information content (AvgIpc) is 3.32. The minimum absolute atomic E-state index is 0.451. The predicted molar refractivity (Wildman–Crippen MR) is 125 cm³/mol. The van der Waals surface area contributed by atoms with Gasteiger partial charge in [-0.15, -0.1) is 0 Å². The van der Waals surface area contributed by atoms with Crippen molar-refractivity contribution < 1.29 is 18.7 Å². The first-order chi connectivity index (χ1) is 16.1. The molecule has 2 aliphatic rings. The fourth-order valence-electron chi connectivity index (χ4n) is 4.23. The van der Waals surface area contributed by atoms with Gasteiger partial charge in [0.1, 0.15) is 23.0 Å². The van der Waals surface area contributed by atoms with Crippen LogP contribution in [0.4, 0.5) is 0 Å². The van der Waals surface area contributed by atoms with E-state index >= 15 is 0 Å². The predicted octanol–water partition coefficient (Wildman–Crippen LogP) is 4.15. The van der Waals surface area contributed by atoms with E-state index in [1.165, 1.54) is 0 Å². The van der Waals surface area contributed by atoms with Crippen LogP contribution >= 0.6 is 11.6 Å². The van der Waals surface area contributed by atoms with E-state index in [4.69, 9.17) is 30.8 Å². The largest absolute Gasteiger partial charge is 0.616 e. The van der Waals surface area contributed by atoms with Crippen LogP contribution in [0.15, 0.2) is 52.9 Å². The first-order valence-corrected chi connectivity index (χ1v) is 12.6. The van der Waals surface area contributed by atoms with Crippen molar-refractivity contribution in [3.8, 4) is 22.8 Å². The van der Waals surface area contributed by atoms with Crippen LogP contribution in [0, 0.1) is 0 Å². The molecule has 2 fully saturated rings. The van der Waals surface area contributed by atoms with Gasteiger partial charge in [-0.25, -0.2) is 9.88 Å². The van der Waals surface area contributed by atoms with Gasteiger partial charge in [-0.2, -0.15) is 14.9 Å². The van der Waals surface area contributed by atoms with E-state index in [2.05, 4.69) is 15.1 Å². The van der Waals surface area contributed by atoms with Crippen molar-refractivity contribution in [2.24, 2.45) is 0 Å². The summed E-state index contributed by atoms with van der Waals surface area (Å²) in [6, 6.07) is 15.4. The van der Waals surface area contributed by atoms with Gasteiger partial charge < -0.3 is 8.97 Å². The Morgan fingerprint density at radius 2 is 1.82 bits per heavy atom. The summed E-state index contributed by atoms with van der Waals surface area (Å²) in [6.07, 6.45) is 1.11. The summed E-state index contributed by atoms with van der Waals surface area (Å²) in [4.78, 5) is 17.8. The van der Waals surface area contributed by atoms with Gasteiger partial charge in [0, 0.05) is 41.9 Å². The van der Waals surface area contributed by atoms with Crippen LogP contribution in [0.2, 0.25) is 5.02 Å². The maximum absolute atomic E-state index is 11.7. The Labute approximate surface area is 197 Å². The Morgan fingerprint density at radius 3 is 2.58 bits per heavy atom. The molecule has 8 nitrogen and oxygen atoms in total. The number of aromatic amines is 1. The van der Waals surface area contributed by atoms with E-state index in [1.54, 1.807) is 0 Å². The van der Waals surface area contributed by atoms with E-state index < -0.39 is 17.1 Å². The minimum atomic E-state index is -0.784. The first kappa shape index (κ1) is 21.2. The van der Waals surface area contributed by atoms with Crippen LogP contribution in [0.25, 0.3) is 33.7 Å². The highest BCUT2D eigenvalue weighted by Crippen LogP contribution is 2.41. The Morgan fingerprint density at radius 1 is 1.06 bits per heavy atom. The maximum atomic E-state index is 11.7. The topological polar surface area (TPSA) is 106 Å². The Bertz CT molecular complexity index is 1280. The fraction of sp³-hybridized carbons (Fsp3) is 0.304. The first-order valence-electron chi connectivity index (χ1n) is 10.8. The van der Waals surface area contributed by atoms with E-state index in [0.717, 1.165) is 27.9 Å². The van der Waals surface area contributed by atoms with Gasteiger partial charge in [0.05, 0.1) is 5.52 Å². The number of rotatable bonds is 6. The summed E-state index contributed by atoms with van der Waals surface area (Å²) >= 11 is 5.33. The van der Waals surface area contributed by atoms with Gasteiger partial charge in [0.15, 0.2) is 5.69 Å². The zero-order chi connectivity index (χ0) is 22.4. The third-order valence-corrected chi connectivity index (χ3v) is 7.62. The highest BCUT2D eigenvalue weighted by atomic mass is 35.5. The van der Waals surface area contributed by atoms with Gasteiger partial charge in [0.25, 0.3) is 5.91 Å². The molecule has 2 aliphatic heterocycles. The lowest BCUT2D eigenvalue weighted by Gasteiger charge is -2.29. The second-order valence-corrected chi connectivity index (χ2v) is 10.3. The zero-order valence-electron chi connectivity index (χ0n) is 17.6. The van der Waals surface area contributed by atoms with E-state index in [1.807, 2.05) is 48.5 Å². The standard InChI is InChI=1S/C23H21ClN4O4S/c24-16-7-5-15(6-8-16)20-19(9-10-23(31-32-23)28-11-13-33(29)14-12-28)30-22(25-20)21-17-3-1-2-4-18(17)26-27-21/h1-8H,9-14H2,(H,26,27). The number of benzene rings is 2. The Balaban J connectivity index is 1.32. The van der Waals surface area contributed by atoms with E-state index in [-0.39, 0.29) is 0 Å². The van der Waals surface area contributed by atoms with Gasteiger partial charge >= 0.3 is 0 Å². The molecule has 10 heteroatoms. The molecule has 2 aromatic carbocycles. The summed E-state index contributed by atoms with van der Waals surface area (Å²) in [5.74, 6) is 1.64. The number of oxazole rings is 1. The van der Waals surface area contributed by atoms with Gasteiger partial charge in [-0.05, 0) is 18.2 Å². The summed E-state index contributed by atoms with van der Waals surface area (Å²) in [5, 5.41) is 9.08. The van der Waals surface area contributed by atoms with Crippen molar-refractivity contribution in [1.82, 2.24) is 20.1 Å². The van der Waals surface area contributed by atoms with Crippen LogP contribution in [0.3, 0.4) is 0 Å². The molecule has 0 atom stereocenters. The van der Waals surface area contributed by atoms with Crippen molar-refractivity contribution in [3.63, 3.8) is 0 Å². The molecule has 33 heavy (non-hydrogen) atoms. The van der Waals surface area contributed by atoms with Crippen LogP contribution in [0.5, 0.6) is 0 Å². The maximum Gasteiger partial charge on any atom is 0.290 e. The monoisotopic (exact) mass is 484 g/mol. The third kappa shape index (κ3) is 4.05. The van der Waals surface area contributed by atoms with Crippen LogP contribution in [-0.2, 0) is 27.4 Å². The number of H-pyrrole nitrogens is 1. The molecule has 0 bridgehead atoms. The second-order valence-electron chi connectivity index (χ2n) is 8.13. The molecular weight excluding hydrogens is 464 g/mol. The Kier molecular flexibility index (Phi) is 5.40. The summed E-state index contributed by atoms with van der Waals surface area (Å²) in [6.45, 7) is 1.36. The summed E-state index contributed by atoms with van der Waals surface area (Å²) < 4.78 is 18.0. The molecule has 2 aromatic heterocycles. The van der Waals surface area contributed by atoms with Crippen molar-refractivity contribution in [1.29, 1.82) is 0 Å². The molecular formula is C23H21ClN4O4S. The molecule has 6 rings (SSSR count). The second kappa shape index (κ2) is 8.43. The molecule has 0 saturated carbocycles. The van der Waals surface area contributed by atoms with Crippen molar-refractivity contribution in [2.75, 3.05) is 24.6 Å². The van der Waals surface area contributed by atoms with Crippen LogP contribution in [-0.4, -0.2) is 55.1 Å². The Hall–Kier alpha value is -2.40. The minimum Gasteiger partial charge on any atom is -0.616 e. The molecule has 0 unspecified atom stereocenters. The van der Waals surface area contributed by atoms with Gasteiger partial charge in [0.2, 0.25) is 5.89 Å². The van der Waals surface area contributed by atoms with Gasteiger partial charge in [-0.1, -0.05) is 53.1 Å². The molecule has 2 saturated heterocycles. The number of nitrogens with one attached hydrogen (secondary N) is 1. The number of nitrogens with zero attached hydrogens (tertiary/aromatic N) is 3. The lowest BCUT2D eigenvalue weighted by Crippen LogP contribution is -2.48. The number of aryl methyl sites for hydroxylation is 1. The number of aromatic nitrogens is 3. The molecule has 4 heterocycles. The lowest BCUT2D eigenvalue weighted by molar-refractivity contribution is 0.0762. The number of fused-ring (bicyclic) bond motifs is 1. The molecule has 170 valence electrons.